The lowest BCUT2D eigenvalue weighted by Crippen LogP contribution is -2.30. The quantitative estimate of drug-likeness (QED) is 0.808. The summed E-state index contributed by atoms with van der Waals surface area (Å²) in [6, 6.07) is 6.83. The fourth-order valence-electron chi connectivity index (χ4n) is 1.72. The van der Waals surface area contributed by atoms with Gasteiger partial charge in [-0.1, -0.05) is 26.0 Å². The molecule has 1 aromatic rings. The van der Waals surface area contributed by atoms with Gasteiger partial charge in [-0.15, -0.1) is 0 Å². The lowest BCUT2D eigenvalue weighted by atomic mass is 9.89. The molecular formula is C15H25FN2. The van der Waals surface area contributed by atoms with E-state index in [9.17, 15) is 4.39 Å². The zero-order valence-corrected chi connectivity index (χ0v) is 11.7. The standard InChI is InChI=1S/C15H25FN2/c1-15(2,12-17)8-10-18(3)9-7-13-5-4-6-14(16)11-13/h4-6,11H,7-10,12,17H2,1-3H3. The molecule has 2 nitrogen and oxygen atoms in total. The molecular weight excluding hydrogens is 227 g/mol. The fourth-order valence-corrected chi connectivity index (χ4v) is 1.72. The van der Waals surface area contributed by atoms with Gasteiger partial charge in [-0.2, -0.15) is 0 Å². The van der Waals surface area contributed by atoms with Gasteiger partial charge < -0.3 is 10.6 Å². The van der Waals surface area contributed by atoms with E-state index in [1.54, 1.807) is 12.1 Å². The van der Waals surface area contributed by atoms with E-state index in [1.165, 1.54) is 6.07 Å². The van der Waals surface area contributed by atoms with Gasteiger partial charge in [0.15, 0.2) is 0 Å². The van der Waals surface area contributed by atoms with E-state index in [0.29, 0.717) is 6.54 Å². The summed E-state index contributed by atoms with van der Waals surface area (Å²) >= 11 is 0. The van der Waals surface area contributed by atoms with Crippen molar-refractivity contribution in [3.8, 4) is 0 Å². The molecule has 2 N–H and O–H groups in total. The highest BCUT2D eigenvalue weighted by Gasteiger charge is 2.15. The second-order valence-corrected chi connectivity index (χ2v) is 5.80. The lowest BCUT2D eigenvalue weighted by Gasteiger charge is -2.26. The third-order valence-corrected chi connectivity index (χ3v) is 3.39. The van der Waals surface area contributed by atoms with Crippen molar-refractivity contribution in [2.75, 3.05) is 26.7 Å². The highest BCUT2D eigenvalue weighted by Crippen LogP contribution is 2.18. The number of nitrogens with zero attached hydrogens (tertiary/aromatic N) is 1. The summed E-state index contributed by atoms with van der Waals surface area (Å²) < 4.78 is 13.0. The third kappa shape index (κ3) is 5.61. The van der Waals surface area contributed by atoms with Crippen LogP contribution in [0.3, 0.4) is 0 Å². The second-order valence-electron chi connectivity index (χ2n) is 5.80. The Bertz CT molecular complexity index is 363. The molecule has 0 saturated heterocycles. The Morgan fingerprint density at radius 2 is 2.00 bits per heavy atom. The molecule has 0 spiro atoms. The van der Waals surface area contributed by atoms with E-state index in [4.69, 9.17) is 5.73 Å². The van der Waals surface area contributed by atoms with Crippen LogP contribution < -0.4 is 5.73 Å². The molecule has 0 amide bonds. The zero-order chi connectivity index (χ0) is 13.6. The van der Waals surface area contributed by atoms with Gasteiger partial charge >= 0.3 is 0 Å². The van der Waals surface area contributed by atoms with Crippen LogP contribution in [0.5, 0.6) is 0 Å². The van der Waals surface area contributed by atoms with Crippen molar-refractivity contribution in [1.82, 2.24) is 4.90 Å². The summed E-state index contributed by atoms with van der Waals surface area (Å²) in [6.07, 6.45) is 1.97. The van der Waals surface area contributed by atoms with Crippen LogP contribution in [-0.2, 0) is 6.42 Å². The van der Waals surface area contributed by atoms with Crippen molar-refractivity contribution in [2.45, 2.75) is 26.7 Å². The molecule has 0 aliphatic heterocycles. The topological polar surface area (TPSA) is 29.3 Å². The van der Waals surface area contributed by atoms with Gasteiger partial charge in [-0.05, 0) is 56.1 Å². The van der Waals surface area contributed by atoms with E-state index in [2.05, 4.69) is 25.8 Å². The number of halogens is 1. The van der Waals surface area contributed by atoms with Crippen molar-refractivity contribution in [1.29, 1.82) is 0 Å². The normalized spacial score (nSPS) is 12.1. The van der Waals surface area contributed by atoms with Gasteiger partial charge in [0.2, 0.25) is 0 Å². The van der Waals surface area contributed by atoms with Crippen molar-refractivity contribution in [3.05, 3.63) is 35.6 Å². The first kappa shape index (κ1) is 15.1. The first-order valence-electron chi connectivity index (χ1n) is 6.56. The van der Waals surface area contributed by atoms with Gasteiger partial charge in [0.25, 0.3) is 0 Å². The summed E-state index contributed by atoms with van der Waals surface area (Å²) in [6.45, 7) is 7.06. The van der Waals surface area contributed by atoms with E-state index in [-0.39, 0.29) is 11.2 Å². The second kappa shape index (κ2) is 6.86. The molecule has 0 aliphatic carbocycles. The Hall–Kier alpha value is -0.930. The molecule has 0 atom stereocenters. The first-order valence-corrected chi connectivity index (χ1v) is 6.56. The molecule has 3 heteroatoms. The number of benzene rings is 1. The monoisotopic (exact) mass is 252 g/mol. The highest BCUT2D eigenvalue weighted by atomic mass is 19.1. The predicted molar refractivity (Wildman–Crippen MR) is 75.1 cm³/mol. The summed E-state index contributed by atoms with van der Waals surface area (Å²) in [5.41, 5.74) is 6.97. The van der Waals surface area contributed by atoms with Gasteiger partial charge in [-0.3, -0.25) is 0 Å². The molecule has 1 rings (SSSR count). The number of hydrogen-bond donors (Lipinski definition) is 1. The smallest absolute Gasteiger partial charge is 0.123 e. The van der Waals surface area contributed by atoms with Crippen LogP contribution in [0, 0.1) is 11.2 Å². The SMILES string of the molecule is CN(CCc1cccc(F)c1)CCC(C)(C)CN. The average molecular weight is 252 g/mol. The zero-order valence-electron chi connectivity index (χ0n) is 11.7. The van der Waals surface area contributed by atoms with Gasteiger partial charge in [0, 0.05) is 6.54 Å². The molecule has 1 aromatic carbocycles. The van der Waals surface area contributed by atoms with E-state index >= 15 is 0 Å². The summed E-state index contributed by atoms with van der Waals surface area (Å²) in [4.78, 5) is 2.28. The maximum atomic E-state index is 13.0. The third-order valence-electron chi connectivity index (χ3n) is 3.39. The van der Waals surface area contributed by atoms with Crippen LogP contribution in [0.4, 0.5) is 4.39 Å². The Labute approximate surface area is 110 Å². The van der Waals surface area contributed by atoms with Crippen LogP contribution in [0.2, 0.25) is 0 Å². The van der Waals surface area contributed by atoms with Gasteiger partial charge in [0.05, 0.1) is 0 Å². The van der Waals surface area contributed by atoms with Gasteiger partial charge in [-0.25, -0.2) is 4.39 Å². The summed E-state index contributed by atoms with van der Waals surface area (Å²) in [5, 5.41) is 0. The minimum atomic E-state index is -0.153. The Morgan fingerprint density at radius 3 is 2.61 bits per heavy atom. The number of hydrogen-bond acceptors (Lipinski definition) is 2. The van der Waals surface area contributed by atoms with Crippen molar-refractivity contribution < 1.29 is 4.39 Å². The number of likely N-dealkylation sites (N-methyl/N-ethyl adjacent to an activating group) is 1. The molecule has 0 aromatic heterocycles. The molecule has 0 saturated carbocycles. The van der Waals surface area contributed by atoms with E-state index < -0.39 is 0 Å². The maximum Gasteiger partial charge on any atom is 0.123 e. The van der Waals surface area contributed by atoms with Crippen molar-refractivity contribution in [2.24, 2.45) is 11.1 Å². The largest absolute Gasteiger partial charge is 0.330 e. The summed E-state index contributed by atoms with van der Waals surface area (Å²) in [5.74, 6) is -0.153. The van der Waals surface area contributed by atoms with Gasteiger partial charge in [0.1, 0.15) is 5.82 Å². The fraction of sp³-hybridized carbons (Fsp3) is 0.600. The minimum absolute atomic E-state index is 0.153. The molecule has 0 heterocycles. The molecule has 0 unspecified atom stereocenters. The van der Waals surface area contributed by atoms with Crippen LogP contribution in [-0.4, -0.2) is 31.6 Å². The number of rotatable bonds is 7. The van der Waals surface area contributed by atoms with Crippen LogP contribution in [0.25, 0.3) is 0 Å². The van der Waals surface area contributed by atoms with E-state index in [1.807, 2.05) is 6.07 Å². The highest BCUT2D eigenvalue weighted by molar-refractivity contribution is 5.16. The Morgan fingerprint density at radius 1 is 1.28 bits per heavy atom. The molecule has 0 radical (unpaired) electrons. The summed E-state index contributed by atoms with van der Waals surface area (Å²) in [7, 11) is 2.10. The number of nitrogens with two attached hydrogens (primary N) is 1. The minimum Gasteiger partial charge on any atom is -0.330 e. The van der Waals surface area contributed by atoms with Crippen LogP contribution in [0.1, 0.15) is 25.8 Å². The lowest BCUT2D eigenvalue weighted by molar-refractivity contribution is 0.255. The molecule has 18 heavy (non-hydrogen) atoms. The molecule has 0 fully saturated rings. The maximum absolute atomic E-state index is 13.0. The predicted octanol–water partition coefficient (Wildman–Crippen LogP) is 2.68. The molecule has 0 bridgehead atoms. The van der Waals surface area contributed by atoms with Crippen LogP contribution >= 0.6 is 0 Å². The van der Waals surface area contributed by atoms with Crippen LogP contribution in [0.15, 0.2) is 24.3 Å². The first-order chi connectivity index (χ1) is 8.43. The molecule has 102 valence electrons. The Balaban J connectivity index is 2.31. The average Bonchev–Trinajstić information content (AvgIpc) is 2.34. The van der Waals surface area contributed by atoms with E-state index in [0.717, 1.165) is 31.5 Å². The van der Waals surface area contributed by atoms with Crippen molar-refractivity contribution >= 4 is 0 Å². The van der Waals surface area contributed by atoms with Crippen molar-refractivity contribution in [3.63, 3.8) is 0 Å². The Kier molecular flexibility index (Phi) is 5.76. The molecule has 0 aliphatic rings.